The van der Waals surface area contributed by atoms with E-state index in [-0.39, 0.29) is 30.8 Å². The van der Waals surface area contributed by atoms with Crippen LogP contribution in [0, 0.1) is 13.8 Å². The van der Waals surface area contributed by atoms with E-state index in [2.05, 4.69) is 5.32 Å². The first-order valence-electron chi connectivity index (χ1n) is 13.3. The van der Waals surface area contributed by atoms with Gasteiger partial charge in [-0.05, 0) is 69.2 Å². The quantitative estimate of drug-likeness (QED) is 0.444. The summed E-state index contributed by atoms with van der Waals surface area (Å²) in [6, 6.07) is 15.1. The number of benzene rings is 2. The van der Waals surface area contributed by atoms with Crippen LogP contribution >= 0.6 is 0 Å². The van der Waals surface area contributed by atoms with E-state index in [1.54, 1.807) is 17.9 Å². The predicted octanol–water partition coefficient (Wildman–Crippen LogP) is 4.37. The lowest BCUT2D eigenvalue weighted by atomic mass is 10.1. The van der Waals surface area contributed by atoms with Gasteiger partial charge in [0.2, 0.25) is 21.8 Å². The molecule has 1 aliphatic rings. The lowest BCUT2D eigenvalue weighted by Gasteiger charge is -2.30. The average molecular weight is 528 g/mol. The molecule has 8 heteroatoms. The SMILES string of the molecule is Cc1cccc(N(CCCC(=O)N(CCc2ccccc2)C(C)C(=O)NC2CCCC2)S(C)(=O)=O)c1C. The third-order valence-electron chi connectivity index (χ3n) is 7.35. The van der Waals surface area contributed by atoms with Crippen LogP contribution in [0.5, 0.6) is 0 Å². The molecule has 0 radical (unpaired) electrons. The molecule has 0 bridgehead atoms. The summed E-state index contributed by atoms with van der Waals surface area (Å²) in [4.78, 5) is 28.1. The minimum atomic E-state index is -3.52. The van der Waals surface area contributed by atoms with Crippen LogP contribution < -0.4 is 9.62 Å². The van der Waals surface area contributed by atoms with Gasteiger partial charge in [0.25, 0.3) is 0 Å². The first kappa shape index (κ1) is 28.7. The highest BCUT2D eigenvalue weighted by Gasteiger charge is 2.28. The number of sulfonamides is 1. The van der Waals surface area contributed by atoms with Gasteiger partial charge in [-0.1, -0.05) is 55.3 Å². The number of nitrogens with zero attached hydrogens (tertiary/aromatic N) is 2. The standard InChI is InChI=1S/C29H41N3O4S/c1-22-12-10-17-27(23(22)2)32(37(4,35)36)20-11-18-28(33)31(21-19-25-13-6-5-7-14-25)24(3)29(34)30-26-15-8-9-16-26/h5-7,10,12-14,17,24,26H,8-9,11,15-16,18-21H2,1-4H3,(H,30,34). The molecule has 2 aromatic carbocycles. The summed E-state index contributed by atoms with van der Waals surface area (Å²) in [5.41, 5.74) is 3.65. The Morgan fingerprint density at radius 1 is 1.00 bits per heavy atom. The molecule has 2 amide bonds. The smallest absolute Gasteiger partial charge is 0.242 e. The minimum Gasteiger partial charge on any atom is -0.352 e. The molecule has 2 aromatic rings. The normalized spacial score (nSPS) is 14.8. The first-order valence-corrected chi connectivity index (χ1v) is 15.1. The second kappa shape index (κ2) is 13.1. The summed E-state index contributed by atoms with van der Waals surface area (Å²) in [5.74, 6) is -0.263. The summed E-state index contributed by atoms with van der Waals surface area (Å²) in [6.07, 6.45) is 6.56. The number of anilines is 1. The van der Waals surface area contributed by atoms with E-state index in [0.29, 0.717) is 25.1 Å². The van der Waals surface area contributed by atoms with Crippen LogP contribution in [-0.2, 0) is 26.0 Å². The van der Waals surface area contributed by atoms with Crippen molar-refractivity contribution in [2.75, 3.05) is 23.7 Å². The van der Waals surface area contributed by atoms with Gasteiger partial charge in [-0.25, -0.2) is 8.42 Å². The molecule has 1 aliphatic carbocycles. The van der Waals surface area contributed by atoms with E-state index < -0.39 is 16.1 Å². The van der Waals surface area contributed by atoms with E-state index in [9.17, 15) is 18.0 Å². The molecule has 3 rings (SSSR count). The van der Waals surface area contributed by atoms with Crippen molar-refractivity contribution in [3.8, 4) is 0 Å². The Balaban J connectivity index is 1.69. The van der Waals surface area contributed by atoms with E-state index in [4.69, 9.17) is 0 Å². The molecule has 0 aromatic heterocycles. The van der Waals surface area contributed by atoms with Crippen molar-refractivity contribution in [1.29, 1.82) is 0 Å². The van der Waals surface area contributed by atoms with E-state index in [1.165, 1.54) is 10.6 Å². The number of nitrogens with one attached hydrogen (secondary N) is 1. The van der Waals surface area contributed by atoms with Crippen molar-refractivity contribution in [3.63, 3.8) is 0 Å². The number of amides is 2. The number of carbonyl (C=O) groups is 2. The van der Waals surface area contributed by atoms with Gasteiger partial charge in [0.15, 0.2) is 0 Å². The first-order chi connectivity index (χ1) is 17.6. The molecular formula is C29H41N3O4S. The molecule has 0 aliphatic heterocycles. The molecule has 1 saturated carbocycles. The molecular weight excluding hydrogens is 486 g/mol. The summed E-state index contributed by atoms with van der Waals surface area (Å²) in [7, 11) is -3.52. The maximum Gasteiger partial charge on any atom is 0.242 e. The van der Waals surface area contributed by atoms with Crippen LogP contribution in [0.1, 0.15) is 62.1 Å². The predicted molar refractivity (Wildman–Crippen MR) is 149 cm³/mol. The summed E-state index contributed by atoms with van der Waals surface area (Å²) in [5, 5.41) is 3.12. The molecule has 1 N–H and O–H groups in total. The molecule has 37 heavy (non-hydrogen) atoms. The van der Waals surface area contributed by atoms with Crippen molar-refractivity contribution < 1.29 is 18.0 Å². The lowest BCUT2D eigenvalue weighted by molar-refractivity contribution is -0.140. The molecule has 202 valence electrons. The summed E-state index contributed by atoms with van der Waals surface area (Å²) >= 11 is 0. The number of aryl methyl sites for hydroxylation is 1. The Kier molecular flexibility index (Phi) is 10.1. The largest absolute Gasteiger partial charge is 0.352 e. The van der Waals surface area contributed by atoms with Gasteiger partial charge < -0.3 is 10.2 Å². The van der Waals surface area contributed by atoms with Crippen LogP contribution in [0.3, 0.4) is 0 Å². The van der Waals surface area contributed by atoms with Crippen LogP contribution in [0.2, 0.25) is 0 Å². The maximum atomic E-state index is 13.4. The average Bonchev–Trinajstić information content (AvgIpc) is 3.37. The van der Waals surface area contributed by atoms with Crippen LogP contribution in [-0.4, -0.2) is 56.6 Å². The second-order valence-electron chi connectivity index (χ2n) is 10.1. The maximum absolute atomic E-state index is 13.4. The molecule has 0 saturated heterocycles. The van der Waals surface area contributed by atoms with Crippen LogP contribution in [0.25, 0.3) is 0 Å². The number of rotatable bonds is 12. The fourth-order valence-electron chi connectivity index (χ4n) is 4.95. The number of hydrogen-bond donors (Lipinski definition) is 1. The summed E-state index contributed by atoms with van der Waals surface area (Å²) < 4.78 is 26.6. The van der Waals surface area contributed by atoms with E-state index in [0.717, 1.165) is 42.4 Å². The third-order valence-corrected chi connectivity index (χ3v) is 8.53. The topological polar surface area (TPSA) is 86.8 Å². The van der Waals surface area contributed by atoms with Gasteiger partial charge in [0.1, 0.15) is 6.04 Å². The van der Waals surface area contributed by atoms with Crippen molar-refractivity contribution in [2.24, 2.45) is 0 Å². The van der Waals surface area contributed by atoms with Gasteiger partial charge in [-0.3, -0.25) is 13.9 Å². The lowest BCUT2D eigenvalue weighted by Crippen LogP contribution is -2.50. The van der Waals surface area contributed by atoms with E-state index >= 15 is 0 Å². The molecule has 7 nitrogen and oxygen atoms in total. The van der Waals surface area contributed by atoms with Gasteiger partial charge in [-0.2, -0.15) is 0 Å². The number of hydrogen-bond acceptors (Lipinski definition) is 4. The number of carbonyl (C=O) groups excluding carboxylic acids is 2. The zero-order chi connectivity index (χ0) is 27.0. The highest BCUT2D eigenvalue weighted by atomic mass is 32.2. The highest BCUT2D eigenvalue weighted by Crippen LogP contribution is 2.25. The van der Waals surface area contributed by atoms with Gasteiger partial charge in [0, 0.05) is 25.6 Å². The Morgan fingerprint density at radius 3 is 2.32 bits per heavy atom. The Bertz CT molecular complexity index is 1160. The monoisotopic (exact) mass is 527 g/mol. The second-order valence-corrected chi connectivity index (χ2v) is 12.1. The fourth-order valence-corrected chi connectivity index (χ4v) is 5.97. The molecule has 1 atom stereocenters. The van der Waals surface area contributed by atoms with Crippen molar-refractivity contribution in [2.45, 2.75) is 77.8 Å². The van der Waals surface area contributed by atoms with Crippen molar-refractivity contribution in [3.05, 3.63) is 65.2 Å². The highest BCUT2D eigenvalue weighted by molar-refractivity contribution is 7.92. The molecule has 1 fully saturated rings. The molecule has 0 spiro atoms. The zero-order valence-electron chi connectivity index (χ0n) is 22.6. The van der Waals surface area contributed by atoms with Gasteiger partial charge in [0.05, 0.1) is 11.9 Å². The Morgan fingerprint density at radius 2 is 1.68 bits per heavy atom. The Hall–Kier alpha value is -2.87. The third kappa shape index (κ3) is 8.06. The van der Waals surface area contributed by atoms with Crippen molar-refractivity contribution in [1.82, 2.24) is 10.2 Å². The Labute approximate surface area is 222 Å². The van der Waals surface area contributed by atoms with Gasteiger partial charge >= 0.3 is 0 Å². The summed E-state index contributed by atoms with van der Waals surface area (Å²) in [6.45, 7) is 6.26. The fraction of sp³-hybridized carbons (Fsp3) is 0.517. The minimum absolute atomic E-state index is 0.124. The van der Waals surface area contributed by atoms with Crippen LogP contribution in [0.4, 0.5) is 5.69 Å². The van der Waals surface area contributed by atoms with Gasteiger partial charge in [-0.15, -0.1) is 0 Å². The van der Waals surface area contributed by atoms with Crippen molar-refractivity contribution >= 4 is 27.5 Å². The van der Waals surface area contributed by atoms with Crippen LogP contribution in [0.15, 0.2) is 48.5 Å². The molecule has 0 heterocycles. The van der Waals surface area contributed by atoms with E-state index in [1.807, 2.05) is 56.3 Å². The zero-order valence-corrected chi connectivity index (χ0v) is 23.4. The molecule has 1 unspecified atom stereocenters.